The molecule has 10 heteroatoms. The van der Waals surface area contributed by atoms with Gasteiger partial charge in [0.25, 0.3) is 5.56 Å². The summed E-state index contributed by atoms with van der Waals surface area (Å²) in [6, 6.07) is 11.4. The Morgan fingerprint density at radius 2 is 1.77 bits per heavy atom. The maximum atomic E-state index is 13.2. The number of rotatable bonds is 11. The molecule has 0 saturated heterocycles. The summed E-state index contributed by atoms with van der Waals surface area (Å²) in [6.07, 6.45) is 6.79. The molecule has 10 nitrogen and oxygen atoms in total. The summed E-state index contributed by atoms with van der Waals surface area (Å²) in [5.41, 5.74) is 2.76. The van der Waals surface area contributed by atoms with Crippen LogP contribution in [0.15, 0.2) is 64.2 Å². The molecule has 4 aromatic rings. The molecule has 0 bridgehead atoms. The zero-order valence-corrected chi connectivity index (χ0v) is 26.3. The molecule has 5 rings (SSSR count). The van der Waals surface area contributed by atoms with Gasteiger partial charge < -0.3 is 28.8 Å². The molecular formula is C34H41N5O5. The third kappa shape index (κ3) is 5.86. The number of anilines is 2. The average Bonchev–Trinajstić information content (AvgIpc) is 3.30. The molecule has 232 valence electrons. The van der Waals surface area contributed by atoms with E-state index < -0.39 is 5.41 Å². The van der Waals surface area contributed by atoms with Crippen molar-refractivity contribution >= 4 is 34.2 Å². The lowest BCUT2D eigenvalue weighted by molar-refractivity contribution is -0.137. The van der Waals surface area contributed by atoms with E-state index in [0.717, 1.165) is 23.3 Å². The molecule has 1 aliphatic heterocycles. The highest BCUT2D eigenvalue weighted by atomic mass is 16.5. The standard InChI is InChI=1S/C34H41N5O5/c1-7-39-27-10-9-25(21-28(27)37(6)32(41)34(4,5)33(39)42)43-20-8-15-36-26(24-11-16-35-17-12-24)13-18-38-19-14-29-30(31(38)40)22(2)23(3)44-29/h9-12,14,16-17,19,21,26,36H,7-8,13,15,18,20H2,1-6H3. The van der Waals surface area contributed by atoms with Crippen molar-refractivity contribution in [3.8, 4) is 5.75 Å². The normalized spacial score (nSPS) is 15.4. The minimum atomic E-state index is -1.15. The van der Waals surface area contributed by atoms with Crippen molar-refractivity contribution in [2.75, 3.05) is 36.5 Å². The highest BCUT2D eigenvalue weighted by molar-refractivity contribution is 6.20. The van der Waals surface area contributed by atoms with Crippen LogP contribution in [-0.2, 0) is 16.1 Å². The number of amides is 2. The van der Waals surface area contributed by atoms with Crippen LogP contribution in [-0.4, -0.2) is 48.1 Å². The summed E-state index contributed by atoms with van der Waals surface area (Å²) >= 11 is 0. The van der Waals surface area contributed by atoms with Crippen LogP contribution in [0.3, 0.4) is 0 Å². The summed E-state index contributed by atoms with van der Waals surface area (Å²) < 4.78 is 13.6. The molecule has 1 unspecified atom stereocenters. The molecule has 1 aromatic carbocycles. The average molecular weight is 600 g/mol. The molecule has 44 heavy (non-hydrogen) atoms. The maximum absolute atomic E-state index is 13.2. The second-order valence-electron chi connectivity index (χ2n) is 11.8. The third-order valence-corrected chi connectivity index (χ3v) is 8.58. The molecule has 0 radical (unpaired) electrons. The fraction of sp³-hybridized carbons (Fsp3) is 0.412. The van der Waals surface area contributed by atoms with E-state index in [1.165, 1.54) is 0 Å². The van der Waals surface area contributed by atoms with Gasteiger partial charge in [-0.05, 0) is 89.9 Å². The lowest BCUT2D eigenvalue weighted by atomic mass is 9.90. The zero-order chi connectivity index (χ0) is 31.6. The molecular weight excluding hydrogens is 558 g/mol. The SMILES string of the molecule is CCN1C(=O)C(C)(C)C(=O)N(C)c2cc(OCCCNC(CCn3ccc4oc(C)c(C)c4c3=O)c3ccncc3)ccc21. The number of furan rings is 1. The first-order chi connectivity index (χ1) is 21.0. The van der Waals surface area contributed by atoms with Crippen LogP contribution in [0.2, 0.25) is 0 Å². The first-order valence-corrected chi connectivity index (χ1v) is 15.1. The Kier molecular flexibility index (Phi) is 8.92. The van der Waals surface area contributed by atoms with Crippen molar-refractivity contribution in [1.82, 2.24) is 14.9 Å². The van der Waals surface area contributed by atoms with E-state index >= 15 is 0 Å². The number of carbonyl (C=O) groups is 2. The van der Waals surface area contributed by atoms with Gasteiger partial charge in [0.05, 0.1) is 23.4 Å². The Hall–Kier alpha value is -4.44. The number of aryl methyl sites for hydroxylation is 3. The molecule has 1 atom stereocenters. The maximum Gasteiger partial charge on any atom is 0.261 e. The topological polar surface area (TPSA) is 110 Å². The van der Waals surface area contributed by atoms with Crippen molar-refractivity contribution in [2.24, 2.45) is 5.41 Å². The zero-order valence-electron chi connectivity index (χ0n) is 26.3. The Bertz CT molecular complexity index is 1730. The van der Waals surface area contributed by atoms with Gasteiger partial charge in [0.2, 0.25) is 11.8 Å². The quantitative estimate of drug-likeness (QED) is 0.188. The second kappa shape index (κ2) is 12.7. The minimum Gasteiger partial charge on any atom is -0.493 e. The predicted octanol–water partition coefficient (Wildman–Crippen LogP) is 5.15. The van der Waals surface area contributed by atoms with Gasteiger partial charge in [-0.15, -0.1) is 0 Å². The van der Waals surface area contributed by atoms with Crippen LogP contribution in [0, 0.1) is 19.3 Å². The summed E-state index contributed by atoms with van der Waals surface area (Å²) in [7, 11) is 1.70. The summed E-state index contributed by atoms with van der Waals surface area (Å²) in [5.74, 6) is 0.940. The van der Waals surface area contributed by atoms with Crippen LogP contribution in [0.5, 0.6) is 5.75 Å². The van der Waals surface area contributed by atoms with Gasteiger partial charge in [-0.3, -0.25) is 19.4 Å². The largest absolute Gasteiger partial charge is 0.493 e. The number of nitrogens with one attached hydrogen (secondary N) is 1. The van der Waals surface area contributed by atoms with Gasteiger partial charge in [0.1, 0.15) is 22.5 Å². The Labute approximate surface area is 257 Å². The van der Waals surface area contributed by atoms with Crippen LogP contribution in [0.1, 0.15) is 56.5 Å². The summed E-state index contributed by atoms with van der Waals surface area (Å²) in [6.45, 7) is 11.2. The monoisotopic (exact) mass is 599 g/mol. The number of hydrogen-bond acceptors (Lipinski definition) is 7. The van der Waals surface area contributed by atoms with E-state index in [0.29, 0.717) is 60.8 Å². The summed E-state index contributed by atoms with van der Waals surface area (Å²) in [5, 5.41) is 4.26. The smallest absolute Gasteiger partial charge is 0.261 e. The van der Waals surface area contributed by atoms with Crippen molar-refractivity contribution < 1.29 is 18.7 Å². The van der Waals surface area contributed by atoms with Crippen molar-refractivity contribution in [3.63, 3.8) is 0 Å². The van der Waals surface area contributed by atoms with Gasteiger partial charge in [0, 0.05) is 56.4 Å². The highest BCUT2D eigenvalue weighted by Gasteiger charge is 2.45. The van der Waals surface area contributed by atoms with Crippen LogP contribution >= 0.6 is 0 Å². The second-order valence-corrected chi connectivity index (χ2v) is 11.8. The molecule has 0 aliphatic carbocycles. The number of ether oxygens (including phenoxy) is 1. The van der Waals surface area contributed by atoms with Gasteiger partial charge in [-0.25, -0.2) is 0 Å². The number of aromatic nitrogens is 2. The molecule has 0 spiro atoms. The van der Waals surface area contributed by atoms with Gasteiger partial charge in [0.15, 0.2) is 0 Å². The fourth-order valence-electron chi connectivity index (χ4n) is 5.84. The molecule has 0 saturated carbocycles. The number of nitrogens with zero attached hydrogens (tertiary/aromatic N) is 4. The van der Waals surface area contributed by atoms with E-state index in [-0.39, 0.29) is 23.4 Å². The van der Waals surface area contributed by atoms with E-state index in [1.54, 1.807) is 53.9 Å². The first kappa shape index (κ1) is 31.0. The molecule has 2 amide bonds. The van der Waals surface area contributed by atoms with Gasteiger partial charge >= 0.3 is 0 Å². The van der Waals surface area contributed by atoms with Crippen LogP contribution in [0.25, 0.3) is 11.0 Å². The number of hydrogen-bond donors (Lipinski definition) is 1. The number of pyridine rings is 2. The highest BCUT2D eigenvalue weighted by Crippen LogP contribution is 2.40. The van der Waals surface area contributed by atoms with Crippen molar-refractivity contribution in [2.45, 2.75) is 60.0 Å². The molecule has 1 aliphatic rings. The van der Waals surface area contributed by atoms with Crippen molar-refractivity contribution in [3.05, 3.63) is 82.2 Å². The Morgan fingerprint density at radius 3 is 2.50 bits per heavy atom. The van der Waals surface area contributed by atoms with Crippen LogP contribution < -0.4 is 25.4 Å². The Balaban J connectivity index is 1.22. The lowest BCUT2D eigenvalue weighted by Crippen LogP contribution is -2.47. The number of fused-ring (bicyclic) bond motifs is 2. The van der Waals surface area contributed by atoms with E-state index in [9.17, 15) is 14.4 Å². The van der Waals surface area contributed by atoms with Gasteiger partial charge in [-0.1, -0.05) is 0 Å². The first-order valence-electron chi connectivity index (χ1n) is 15.1. The van der Waals surface area contributed by atoms with Crippen molar-refractivity contribution in [1.29, 1.82) is 0 Å². The number of benzene rings is 1. The molecule has 3 aromatic heterocycles. The van der Waals surface area contributed by atoms with Gasteiger partial charge in [-0.2, -0.15) is 0 Å². The fourth-order valence-corrected chi connectivity index (χ4v) is 5.84. The van der Waals surface area contributed by atoms with Crippen LogP contribution in [0.4, 0.5) is 11.4 Å². The van der Waals surface area contributed by atoms with E-state index in [1.807, 2.05) is 57.2 Å². The molecule has 1 N–H and O–H groups in total. The minimum absolute atomic E-state index is 0.0147. The number of carbonyl (C=O) groups excluding carboxylic acids is 2. The summed E-state index contributed by atoms with van der Waals surface area (Å²) in [4.78, 5) is 46.8. The molecule has 0 fully saturated rings. The lowest BCUT2D eigenvalue weighted by Gasteiger charge is -2.27. The van der Waals surface area contributed by atoms with E-state index in [4.69, 9.17) is 9.15 Å². The molecule has 4 heterocycles. The van der Waals surface area contributed by atoms with E-state index in [2.05, 4.69) is 10.3 Å². The third-order valence-electron chi connectivity index (χ3n) is 8.58. The Morgan fingerprint density at radius 1 is 1.02 bits per heavy atom. The predicted molar refractivity (Wildman–Crippen MR) is 171 cm³/mol.